The minimum atomic E-state index is -2.01. The number of guanidine groups is 1. The molecule has 8 nitrogen and oxygen atoms in total. The summed E-state index contributed by atoms with van der Waals surface area (Å²) in [5, 5.41) is 26.0. The van der Waals surface area contributed by atoms with Crippen molar-refractivity contribution in [3.8, 4) is 11.9 Å². The Morgan fingerprint density at radius 1 is 1.38 bits per heavy atom. The molecule has 0 atom stereocenters. The number of hydrogen-bond donors (Lipinski definition) is 4. The van der Waals surface area contributed by atoms with E-state index in [0.29, 0.717) is 23.7 Å². The van der Waals surface area contributed by atoms with Crippen LogP contribution in [0.5, 0.6) is 5.75 Å². The lowest BCUT2D eigenvalue weighted by atomic mass is 10.3. The molecule has 0 unspecified atom stereocenters. The molecule has 1 amide bonds. The van der Waals surface area contributed by atoms with Crippen LogP contribution < -0.4 is 16.0 Å². The number of aliphatic imine (C=N–C) groups is 1. The van der Waals surface area contributed by atoms with Gasteiger partial charge >= 0.3 is 0 Å². The van der Waals surface area contributed by atoms with Crippen molar-refractivity contribution < 1.29 is 9.90 Å². The molecule has 1 rings (SSSR count). The molecule has 0 bridgehead atoms. The van der Waals surface area contributed by atoms with Crippen LogP contribution in [0, 0.1) is 11.5 Å². The standard InChI is InChI=1S/C14H17Cl3N6O2S/c15-14(16,17)12(25)20-4-5-21-13(23-9-18)22-6-7-26-8-10-11(24)2-1-3-19-10/h1-3,24H,4-8H2,(H,20,25)(H2,21,22,23). The van der Waals surface area contributed by atoms with Crippen molar-refractivity contribution in [3.63, 3.8) is 0 Å². The average molecular weight is 440 g/mol. The van der Waals surface area contributed by atoms with Gasteiger partial charge in [0.25, 0.3) is 9.70 Å². The summed E-state index contributed by atoms with van der Waals surface area (Å²) in [6.45, 7) is 0.914. The molecule has 1 heterocycles. The predicted molar refractivity (Wildman–Crippen MR) is 104 cm³/mol. The monoisotopic (exact) mass is 438 g/mol. The van der Waals surface area contributed by atoms with Crippen molar-refractivity contribution in [1.82, 2.24) is 20.9 Å². The van der Waals surface area contributed by atoms with E-state index in [1.54, 1.807) is 36.3 Å². The molecule has 0 saturated carbocycles. The van der Waals surface area contributed by atoms with E-state index >= 15 is 0 Å². The Hall–Kier alpha value is -1.60. The fourth-order valence-electron chi connectivity index (χ4n) is 1.58. The molecule has 1 aromatic heterocycles. The van der Waals surface area contributed by atoms with Crippen LogP contribution in [0.25, 0.3) is 0 Å². The highest BCUT2D eigenvalue weighted by molar-refractivity contribution is 7.98. The fraction of sp³-hybridized carbons (Fsp3) is 0.429. The van der Waals surface area contributed by atoms with Crippen LogP contribution in [0.15, 0.2) is 23.3 Å². The molecule has 0 aromatic carbocycles. The van der Waals surface area contributed by atoms with Crippen LogP contribution in [0.4, 0.5) is 0 Å². The largest absolute Gasteiger partial charge is 0.506 e. The van der Waals surface area contributed by atoms with Gasteiger partial charge in [0.2, 0.25) is 5.96 Å². The van der Waals surface area contributed by atoms with E-state index in [-0.39, 0.29) is 24.8 Å². The van der Waals surface area contributed by atoms with Crippen LogP contribution in [0.3, 0.4) is 0 Å². The SMILES string of the molecule is N#CNC(=NCCSCc1ncccc1O)NCCNC(=O)C(Cl)(Cl)Cl. The van der Waals surface area contributed by atoms with Crippen LogP contribution in [-0.2, 0) is 10.5 Å². The first-order chi connectivity index (χ1) is 12.3. The highest BCUT2D eigenvalue weighted by atomic mass is 35.6. The van der Waals surface area contributed by atoms with Gasteiger partial charge in [0.05, 0.1) is 12.2 Å². The molecular weight excluding hydrogens is 423 g/mol. The van der Waals surface area contributed by atoms with Crippen molar-refractivity contribution in [3.05, 3.63) is 24.0 Å². The molecule has 26 heavy (non-hydrogen) atoms. The number of aromatic hydroxyl groups is 1. The quantitative estimate of drug-likeness (QED) is 0.121. The fourth-order valence-corrected chi connectivity index (χ4v) is 2.56. The molecule has 0 fully saturated rings. The second-order valence-electron chi connectivity index (χ2n) is 4.67. The number of halogens is 3. The Morgan fingerprint density at radius 2 is 2.12 bits per heavy atom. The second-order valence-corrected chi connectivity index (χ2v) is 8.06. The molecule has 0 saturated heterocycles. The highest BCUT2D eigenvalue weighted by Gasteiger charge is 2.29. The maximum absolute atomic E-state index is 11.4. The number of nitrogens with zero attached hydrogens (tertiary/aromatic N) is 3. The maximum atomic E-state index is 11.4. The summed E-state index contributed by atoms with van der Waals surface area (Å²) in [5.41, 5.74) is 0.611. The van der Waals surface area contributed by atoms with Crippen molar-refractivity contribution >= 4 is 58.4 Å². The van der Waals surface area contributed by atoms with Crippen LogP contribution >= 0.6 is 46.6 Å². The van der Waals surface area contributed by atoms with Gasteiger partial charge in [-0.25, -0.2) is 0 Å². The van der Waals surface area contributed by atoms with Crippen molar-refractivity contribution in [2.75, 3.05) is 25.4 Å². The van der Waals surface area contributed by atoms with Gasteiger partial charge in [0.15, 0.2) is 6.19 Å². The van der Waals surface area contributed by atoms with Gasteiger partial charge in [-0.1, -0.05) is 34.8 Å². The highest BCUT2D eigenvalue weighted by Crippen LogP contribution is 2.25. The number of amides is 1. The molecule has 0 spiro atoms. The Bertz CT molecular complexity index is 663. The summed E-state index contributed by atoms with van der Waals surface area (Å²) in [4.78, 5) is 19.7. The number of nitriles is 1. The molecule has 4 N–H and O–H groups in total. The lowest BCUT2D eigenvalue weighted by molar-refractivity contribution is -0.120. The second kappa shape index (κ2) is 11.9. The normalized spacial score (nSPS) is 11.5. The number of carbonyl (C=O) groups excluding carboxylic acids is 1. The molecular formula is C14H17Cl3N6O2S. The van der Waals surface area contributed by atoms with Gasteiger partial charge in [-0.3, -0.25) is 20.1 Å². The zero-order valence-electron chi connectivity index (χ0n) is 13.5. The molecule has 142 valence electrons. The van der Waals surface area contributed by atoms with Crippen LogP contribution in [0.1, 0.15) is 5.69 Å². The predicted octanol–water partition coefficient (Wildman–Crippen LogP) is 1.52. The number of carbonyl (C=O) groups is 1. The number of rotatable bonds is 8. The molecule has 0 radical (unpaired) electrons. The third-order valence-corrected chi connectivity index (χ3v) is 4.21. The van der Waals surface area contributed by atoms with E-state index in [1.165, 1.54) is 0 Å². The molecule has 1 aromatic rings. The molecule has 0 aliphatic heterocycles. The topological polar surface area (TPSA) is 122 Å². The third kappa shape index (κ3) is 9.20. The number of pyridine rings is 1. The summed E-state index contributed by atoms with van der Waals surface area (Å²) >= 11 is 17.8. The Kier molecular flexibility index (Phi) is 10.3. The molecule has 0 aliphatic carbocycles. The van der Waals surface area contributed by atoms with E-state index in [2.05, 4.69) is 25.9 Å². The number of nitrogens with one attached hydrogen (secondary N) is 3. The first kappa shape index (κ1) is 22.4. The lowest BCUT2D eigenvalue weighted by Crippen LogP contribution is -2.42. The minimum absolute atomic E-state index is 0.161. The van der Waals surface area contributed by atoms with Gasteiger partial charge < -0.3 is 15.7 Å². The Morgan fingerprint density at radius 3 is 2.77 bits per heavy atom. The van der Waals surface area contributed by atoms with Crippen molar-refractivity contribution in [2.45, 2.75) is 9.55 Å². The summed E-state index contributed by atoms with van der Waals surface area (Å²) in [6.07, 6.45) is 3.39. The van der Waals surface area contributed by atoms with Gasteiger partial charge in [-0.05, 0) is 12.1 Å². The Balaban J connectivity index is 2.29. The zero-order chi connectivity index (χ0) is 19.4. The van der Waals surface area contributed by atoms with E-state index in [0.717, 1.165) is 0 Å². The zero-order valence-corrected chi connectivity index (χ0v) is 16.6. The summed E-state index contributed by atoms with van der Waals surface area (Å²) in [7, 11) is 0. The van der Waals surface area contributed by atoms with Gasteiger partial charge in [-0.2, -0.15) is 17.0 Å². The first-order valence-corrected chi connectivity index (χ1v) is 9.62. The smallest absolute Gasteiger partial charge is 0.272 e. The summed E-state index contributed by atoms with van der Waals surface area (Å²) < 4.78 is -2.01. The van der Waals surface area contributed by atoms with Gasteiger partial charge in [-0.15, -0.1) is 0 Å². The Labute approximate surface area is 170 Å². The third-order valence-electron chi connectivity index (χ3n) is 2.75. The number of hydrogen-bond acceptors (Lipinski definition) is 6. The number of thioether (sulfide) groups is 1. The number of alkyl halides is 3. The van der Waals surface area contributed by atoms with Gasteiger partial charge in [0.1, 0.15) is 5.75 Å². The van der Waals surface area contributed by atoms with E-state index in [1.807, 2.05) is 0 Å². The minimum Gasteiger partial charge on any atom is -0.506 e. The van der Waals surface area contributed by atoms with Crippen molar-refractivity contribution in [2.24, 2.45) is 4.99 Å². The summed E-state index contributed by atoms with van der Waals surface area (Å²) in [5.74, 6) is 0.925. The summed E-state index contributed by atoms with van der Waals surface area (Å²) in [6, 6.07) is 3.25. The van der Waals surface area contributed by atoms with Gasteiger partial charge in [0, 0.05) is 30.8 Å². The molecule has 12 heteroatoms. The lowest BCUT2D eigenvalue weighted by Gasteiger charge is -2.12. The maximum Gasteiger partial charge on any atom is 0.272 e. The van der Waals surface area contributed by atoms with E-state index in [4.69, 9.17) is 40.1 Å². The molecule has 0 aliphatic rings. The van der Waals surface area contributed by atoms with Crippen LogP contribution in [0.2, 0.25) is 0 Å². The van der Waals surface area contributed by atoms with E-state index < -0.39 is 9.70 Å². The van der Waals surface area contributed by atoms with Crippen molar-refractivity contribution in [1.29, 1.82) is 5.26 Å². The first-order valence-electron chi connectivity index (χ1n) is 7.33. The number of aromatic nitrogens is 1. The van der Waals surface area contributed by atoms with E-state index in [9.17, 15) is 9.90 Å². The van der Waals surface area contributed by atoms with Crippen LogP contribution in [-0.4, -0.2) is 51.1 Å². The average Bonchev–Trinajstić information content (AvgIpc) is 2.58.